The minimum atomic E-state index is -0.393. The third-order valence-corrected chi connectivity index (χ3v) is 7.42. The molecule has 2 amide bonds. The number of nitrogens with zero attached hydrogens (tertiary/aromatic N) is 3. The van der Waals surface area contributed by atoms with Gasteiger partial charge in [-0.3, -0.25) is 14.5 Å². The predicted octanol–water partition coefficient (Wildman–Crippen LogP) is 5.62. The third kappa shape index (κ3) is 5.14. The predicted molar refractivity (Wildman–Crippen MR) is 126 cm³/mol. The van der Waals surface area contributed by atoms with Gasteiger partial charge in [-0.25, -0.2) is 4.99 Å². The number of hydrogen-bond donors (Lipinski definition) is 0. The smallest absolute Gasteiger partial charge is 0.232 e. The molecule has 1 aromatic carbocycles. The molecule has 164 valence electrons. The molecule has 30 heavy (non-hydrogen) atoms. The second-order valence-corrected chi connectivity index (χ2v) is 10.7. The van der Waals surface area contributed by atoms with E-state index in [0.29, 0.717) is 41.7 Å². The SMILES string of the molecule is CCC1CSC(=Nc2ccc(Cl)c(Cl)c2)N1C(=O)C1CCN(C(=O)C(C)(C)C)CC1. The summed E-state index contributed by atoms with van der Waals surface area (Å²) in [6.45, 7) is 9.16. The Morgan fingerprint density at radius 1 is 1.17 bits per heavy atom. The second-order valence-electron chi connectivity index (χ2n) is 8.89. The first-order valence-electron chi connectivity index (χ1n) is 10.4. The lowest BCUT2D eigenvalue weighted by Crippen LogP contribution is -2.49. The van der Waals surface area contributed by atoms with Gasteiger partial charge in [-0.15, -0.1) is 0 Å². The second kappa shape index (κ2) is 9.49. The summed E-state index contributed by atoms with van der Waals surface area (Å²) in [5, 5.41) is 1.65. The lowest BCUT2D eigenvalue weighted by Gasteiger charge is -2.37. The zero-order valence-corrected chi connectivity index (χ0v) is 20.3. The van der Waals surface area contributed by atoms with Crippen molar-refractivity contribution in [3.8, 4) is 0 Å². The van der Waals surface area contributed by atoms with Crippen LogP contribution in [-0.4, -0.2) is 51.7 Å². The fraction of sp³-hybridized carbons (Fsp3) is 0.591. The molecule has 1 unspecified atom stereocenters. The van der Waals surface area contributed by atoms with Crippen LogP contribution in [0.4, 0.5) is 5.69 Å². The van der Waals surface area contributed by atoms with Gasteiger partial charge >= 0.3 is 0 Å². The Morgan fingerprint density at radius 2 is 1.83 bits per heavy atom. The molecule has 8 heteroatoms. The number of amidine groups is 1. The van der Waals surface area contributed by atoms with Gasteiger partial charge in [-0.05, 0) is 37.5 Å². The van der Waals surface area contributed by atoms with E-state index in [1.807, 2.05) is 30.6 Å². The number of rotatable bonds is 3. The summed E-state index contributed by atoms with van der Waals surface area (Å²) in [5.74, 6) is 1.02. The maximum absolute atomic E-state index is 13.4. The minimum Gasteiger partial charge on any atom is -0.342 e. The van der Waals surface area contributed by atoms with E-state index in [9.17, 15) is 9.59 Å². The van der Waals surface area contributed by atoms with Crippen LogP contribution in [0.5, 0.6) is 0 Å². The van der Waals surface area contributed by atoms with Crippen molar-refractivity contribution in [3.63, 3.8) is 0 Å². The van der Waals surface area contributed by atoms with Crippen molar-refractivity contribution in [2.75, 3.05) is 18.8 Å². The van der Waals surface area contributed by atoms with Gasteiger partial charge in [0.2, 0.25) is 11.8 Å². The molecule has 2 aliphatic heterocycles. The van der Waals surface area contributed by atoms with Crippen LogP contribution in [0.2, 0.25) is 10.0 Å². The summed E-state index contributed by atoms with van der Waals surface area (Å²) in [5.41, 5.74) is 0.294. The van der Waals surface area contributed by atoms with E-state index in [0.717, 1.165) is 17.3 Å². The van der Waals surface area contributed by atoms with E-state index in [1.165, 1.54) is 0 Å². The van der Waals surface area contributed by atoms with Crippen molar-refractivity contribution in [3.05, 3.63) is 28.2 Å². The Balaban J connectivity index is 1.74. The molecule has 0 radical (unpaired) electrons. The number of aliphatic imine (C=N–C) groups is 1. The largest absolute Gasteiger partial charge is 0.342 e. The first kappa shape index (κ1) is 23.4. The first-order valence-corrected chi connectivity index (χ1v) is 12.1. The number of carbonyl (C=O) groups excluding carboxylic acids is 2. The van der Waals surface area contributed by atoms with Gasteiger partial charge in [0.1, 0.15) is 0 Å². The molecule has 0 aliphatic carbocycles. The highest BCUT2D eigenvalue weighted by atomic mass is 35.5. The van der Waals surface area contributed by atoms with E-state index in [2.05, 4.69) is 6.92 Å². The molecule has 1 atom stereocenters. The highest BCUT2D eigenvalue weighted by molar-refractivity contribution is 8.14. The number of likely N-dealkylation sites (tertiary alicyclic amines) is 1. The fourth-order valence-electron chi connectivity index (χ4n) is 3.80. The van der Waals surface area contributed by atoms with Crippen LogP contribution in [0.25, 0.3) is 0 Å². The summed E-state index contributed by atoms with van der Waals surface area (Å²) in [4.78, 5) is 34.5. The maximum atomic E-state index is 13.4. The summed E-state index contributed by atoms with van der Waals surface area (Å²) >= 11 is 13.7. The van der Waals surface area contributed by atoms with Crippen molar-refractivity contribution >= 4 is 57.6 Å². The van der Waals surface area contributed by atoms with Crippen molar-refractivity contribution in [1.82, 2.24) is 9.80 Å². The zero-order chi connectivity index (χ0) is 22.1. The van der Waals surface area contributed by atoms with Crippen LogP contribution in [0, 0.1) is 11.3 Å². The number of piperidine rings is 1. The summed E-state index contributed by atoms with van der Waals surface area (Å²) in [6.07, 6.45) is 2.26. The van der Waals surface area contributed by atoms with Crippen molar-refractivity contribution in [1.29, 1.82) is 0 Å². The standard InChI is InChI=1S/C22H29Cl2N3O2S/c1-5-16-13-30-21(25-15-6-7-17(23)18(24)12-15)27(16)19(28)14-8-10-26(11-9-14)20(29)22(2,3)4/h6-7,12,14,16H,5,8-11,13H2,1-4H3. The van der Waals surface area contributed by atoms with Crippen molar-refractivity contribution in [2.45, 2.75) is 53.0 Å². The molecule has 0 N–H and O–H groups in total. The number of benzene rings is 1. The van der Waals surface area contributed by atoms with E-state index < -0.39 is 5.41 Å². The zero-order valence-electron chi connectivity index (χ0n) is 18.0. The summed E-state index contributed by atoms with van der Waals surface area (Å²) < 4.78 is 0. The molecule has 0 bridgehead atoms. The fourth-order valence-corrected chi connectivity index (χ4v) is 5.36. The average molecular weight is 470 g/mol. The Bertz CT molecular complexity index is 845. The molecular formula is C22H29Cl2N3O2S. The Morgan fingerprint density at radius 3 is 2.40 bits per heavy atom. The van der Waals surface area contributed by atoms with Crippen LogP contribution in [-0.2, 0) is 9.59 Å². The lowest BCUT2D eigenvalue weighted by molar-refractivity contribution is -0.144. The van der Waals surface area contributed by atoms with Gasteiger partial charge in [-0.2, -0.15) is 0 Å². The van der Waals surface area contributed by atoms with Crippen LogP contribution in [0.15, 0.2) is 23.2 Å². The maximum Gasteiger partial charge on any atom is 0.232 e. The van der Waals surface area contributed by atoms with Gasteiger partial charge in [-0.1, -0.05) is 62.7 Å². The van der Waals surface area contributed by atoms with E-state index in [1.54, 1.807) is 30.0 Å². The third-order valence-electron chi connectivity index (χ3n) is 5.59. The molecule has 0 aromatic heterocycles. The van der Waals surface area contributed by atoms with Crippen LogP contribution >= 0.6 is 35.0 Å². The van der Waals surface area contributed by atoms with Crippen molar-refractivity contribution in [2.24, 2.45) is 16.3 Å². The van der Waals surface area contributed by atoms with Gasteiger partial charge in [0.05, 0.1) is 15.7 Å². The number of halogens is 2. The molecule has 1 aromatic rings. The van der Waals surface area contributed by atoms with E-state index in [4.69, 9.17) is 28.2 Å². The molecule has 2 fully saturated rings. The topological polar surface area (TPSA) is 53.0 Å². The highest BCUT2D eigenvalue weighted by Gasteiger charge is 2.39. The number of carbonyl (C=O) groups is 2. The molecule has 2 saturated heterocycles. The van der Waals surface area contributed by atoms with Crippen LogP contribution in [0.3, 0.4) is 0 Å². The Kier molecular flexibility index (Phi) is 7.41. The average Bonchev–Trinajstić information content (AvgIpc) is 3.11. The molecule has 0 spiro atoms. The monoisotopic (exact) mass is 469 g/mol. The number of hydrogen-bond acceptors (Lipinski definition) is 4. The van der Waals surface area contributed by atoms with Crippen LogP contribution in [0.1, 0.15) is 47.0 Å². The Labute approximate surface area is 193 Å². The normalized spacial score (nSPS) is 22.1. The van der Waals surface area contributed by atoms with Gasteiger partial charge in [0, 0.05) is 36.2 Å². The molecular weight excluding hydrogens is 441 g/mol. The highest BCUT2D eigenvalue weighted by Crippen LogP contribution is 2.34. The lowest BCUT2D eigenvalue weighted by atomic mass is 9.90. The minimum absolute atomic E-state index is 0.0826. The van der Waals surface area contributed by atoms with Gasteiger partial charge in [0.15, 0.2) is 5.17 Å². The summed E-state index contributed by atoms with van der Waals surface area (Å²) in [6, 6.07) is 5.38. The quantitative estimate of drug-likeness (QED) is 0.576. The first-order chi connectivity index (χ1) is 14.1. The molecule has 0 saturated carbocycles. The van der Waals surface area contributed by atoms with Gasteiger partial charge in [0.25, 0.3) is 0 Å². The number of thioether (sulfide) groups is 1. The molecule has 5 nitrogen and oxygen atoms in total. The molecule has 2 heterocycles. The van der Waals surface area contributed by atoms with E-state index >= 15 is 0 Å². The van der Waals surface area contributed by atoms with Crippen molar-refractivity contribution < 1.29 is 9.59 Å². The van der Waals surface area contributed by atoms with Gasteiger partial charge < -0.3 is 4.90 Å². The Hall–Kier alpha value is -1.24. The van der Waals surface area contributed by atoms with Crippen LogP contribution < -0.4 is 0 Å². The number of amides is 2. The molecule has 2 aliphatic rings. The summed E-state index contributed by atoms with van der Waals surface area (Å²) in [7, 11) is 0. The molecule has 3 rings (SSSR count). The van der Waals surface area contributed by atoms with E-state index in [-0.39, 0.29) is 23.8 Å².